The minimum Gasteiger partial charge on any atom is -0.378 e. The summed E-state index contributed by atoms with van der Waals surface area (Å²) in [5.41, 5.74) is 0.958. The Morgan fingerprint density at radius 3 is 2.75 bits per heavy atom. The summed E-state index contributed by atoms with van der Waals surface area (Å²) in [4.78, 5) is 7.00. The van der Waals surface area contributed by atoms with Gasteiger partial charge >= 0.3 is 0 Å². The van der Waals surface area contributed by atoms with Gasteiger partial charge in [0.05, 0.1) is 16.8 Å². The Morgan fingerprint density at radius 1 is 1.35 bits per heavy atom. The van der Waals surface area contributed by atoms with E-state index in [4.69, 9.17) is 16.3 Å². The quantitative estimate of drug-likeness (QED) is 0.875. The highest BCUT2D eigenvalue weighted by Gasteiger charge is 2.20. The van der Waals surface area contributed by atoms with Crippen LogP contribution >= 0.6 is 11.6 Å². The van der Waals surface area contributed by atoms with Crippen LogP contribution in [-0.4, -0.2) is 42.2 Å². The third-order valence-electron chi connectivity index (χ3n) is 3.59. The van der Waals surface area contributed by atoms with Crippen molar-refractivity contribution >= 4 is 17.4 Å². The molecule has 0 aliphatic carbocycles. The molecule has 1 aromatic heterocycles. The Labute approximate surface area is 126 Å². The zero-order valence-corrected chi connectivity index (χ0v) is 13.1. The minimum atomic E-state index is 0.424. The van der Waals surface area contributed by atoms with Crippen LogP contribution in [0.3, 0.4) is 0 Å². The fraction of sp³-hybridized carbons (Fsp3) is 0.667. The van der Waals surface area contributed by atoms with Crippen molar-refractivity contribution in [3.05, 3.63) is 22.8 Å². The van der Waals surface area contributed by atoms with Crippen molar-refractivity contribution in [3.63, 3.8) is 0 Å². The Kier molecular flexibility index (Phi) is 6.07. The number of anilines is 1. The Hall–Kier alpha value is -0.840. The predicted molar refractivity (Wildman–Crippen MR) is 83.3 cm³/mol. The first-order valence-corrected chi connectivity index (χ1v) is 7.84. The lowest BCUT2D eigenvalue weighted by Gasteiger charge is -2.31. The van der Waals surface area contributed by atoms with Gasteiger partial charge in [-0.05, 0) is 38.8 Å². The van der Waals surface area contributed by atoms with E-state index in [1.54, 1.807) is 0 Å². The summed E-state index contributed by atoms with van der Waals surface area (Å²) in [6, 6.07) is 3.85. The van der Waals surface area contributed by atoms with Crippen molar-refractivity contribution in [2.45, 2.75) is 39.3 Å². The number of hydrogen-bond acceptors (Lipinski definition) is 4. The summed E-state index contributed by atoms with van der Waals surface area (Å²) in [6.45, 7) is 8.71. The molecule has 1 aliphatic heterocycles. The molecule has 0 unspecified atom stereocenters. The number of pyridine rings is 1. The van der Waals surface area contributed by atoms with Crippen molar-refractivity contribution in [1.29, 1.82) is 0 Å². The molecule has 0 aromatic carbocycles. The fourth-order valence-electron chi connectivity index (χ4n) is 2.56. The molecule has 2 heterocycles. The molecule has 112 valence electrons. The van der Waals surface area contributed by atoms with E-state index in [1.165, 1.54) is 0 Å². The largest absolute Gasteiger partial charge is 0.378 e. The number of nitrogens with one attached hydrogen (secondary N) is 1. The standard InChI is InChI=1S/C15H24ClN3O/c1-3-17-15-6-5-13(16)14(18-15)11-19-9-7-12(8-10-19)20-4-2/h5-6,12H,3-4,7-11H2,1-2H3,(H,17,18). The van der Waals surface area contributed by atoms with Gasteiger partial charge in [0.2, 0.25) is 0 Å². The molecule has 0 radical (unpaired) electrons. The van der Waals surface area contributed by atoms with Gasteiger partial charge in [0, 0.05) is 32.8 Å². The van der Waals surface area contributed by atoms with E-state index in [0.717, 1.165) is 62.2 Å². The fourth-order valence-corrected chi connectivity index (χ4v) is 2.72. The second-order valence-electron chi connectivity index (χ2n) is 5.09. The highest BCUT2D eigenvalue weighted by molar-refractivity contribution is 6.31. The first-order valence-electron chi connectivity index (χ1n) is 7.46. The number of nitrogens with zero attached hydrogens (tertiary/aromatic N) is 2. The highest BCUT2D eigenvalue weighted by Crippen LogP contribution is 2.21. The number of likely N-dealkylation sites (tertiary alicyclic amines) is 1. The summed E-state index contributed by atoms with van der Waals surface area (Å²) in [5.74, 6) is 0.899. The molecular weight excluding hydrogens is 274 g/mol. The van der Waals surface area contributed by atoms with Crippen LogP contribution in [0.1, 0.15) is 32.4 Å². The average Bonchev–Trinajstić information content (AvgIpc) is 2.45. The van der Waals surface area contributed by atoms with Crippen LogP contribution in [-0.2, 0) is 11.3 Å². The molecule has 1 N–H and O–H groups in total. The molecule has 4 nitrogen and oxygen atoms in total. The van der Waals surface area contributed by atoms with Crippen LogP contribution in [0, 0.1) is 0 Å². The number of rotatable bonds is 6. The van der Waals surface area contributed by atoms with Crippen LogP contribution in [0.2, 0.25) is 5.02 Å². The zero-order valence-electron chi connectivity index (χ0n) is 12.4. The van der Waals surface area contributed by atoms with Crippen LogP contribution in [0.25, 0.3) is 0 Å². The smallest absolute Gasteiger partial charge is 0.126 e. The van der Waals surface area contributed by atoms with Gasteiger partial charge in [0.1, 0.15) is 5.82 Å². The third kappa shape index (κ3) is 4.33. The highest BCUT2D eigenvalue weighted by atomic mass is 35.5. The molecule has 0 atom stereocenters. The molecule has 0 bridgehead atoms. The van der Waals surface area contributed by atoms with Gasteiger partial charge in [0.25, 0.3) is 0 Å². The Bertz CT molecular complexity index is 420. The first-order chi connectivity index (χ1) is 9.72. The topological polar surface area (TPSA) is 37.4 Å². The first kappa shape index (κ1) is 15.5. The van der Waals surface area contributed by atoms with E-state index >= 15 is 0 Å². The van der Waals surface area contributed by atoms with Gasteiger partial charge in [-0.2, -0.15) is 0 Å². The van der Waals surface area contributed by atoms with Gasteiger partial charge in [-0.3, -0.25) is 4.90 Å². The summed E-state index contributed by atoms with van der Waals surface area (Å²) in [7, 11) is 0. The second kappa shape index (κ2) is 7.81. The van der Waals surface area contributed by atoms with Crippen LogP contribution in [0.4, 0.5) is 5.82 Å². The monoisotopic (exact) mass is 297 g/mol. The molecule has 5 heteroatoms. The van der Waals surface area contributed by atoms with Gasteiger partial charge < -0.3 is 10.1 Å². The molecule has 1 saturated heterocycles. The maximum absolute atomic E-state index is 6.25. The van der Waals surface area contributed by atoms with E-state index in [-0.39, 0.29) is 0 Å². The van der Waals surface area contributed by atoms with Gasteiger partial charge in [-0.25, -0.2) is 4.98 Å². The number of piperidine rings is 1. The number of hydrogen-bond donors (Lipinski definition) is 1. The minimum absolute atomic E-state index is 0.424. The SMILES string of the molecule is CCNc1ccc(Cl)c(CN2CCC(OCC)CC2)n1. The molecule has 20 heavy (non-hydrogen) atoms. The molecule has 0 amide bonds. The van der Waals surface area contributed by atoms with Gasteiger partial charge in [-0.15, -0.1) is 0 Å². The number of ether oxygens (including phenoxy) is 1. The number of aromatic nitrogens is 1. The van der Waals surface area contributed by atoms with Crippen LogP contribution < -0.4 is 5.32 Å². The van der Waals surface area contributed by atoms with Crippen molar-refractivity contribution in [2.75, 3.05) is 31.6 Å². The summed E-state index contributed by atoms with van der Waals surface area (Å²) in [6.07, 6.45) is 2.62. The van der Waals surface area contributed by atoms with Crippen LogP contribution in [0.15, 0.2) is 12.1 Å². The molecule has 0 saturated carbocycles. The molecule has 0 spiro atoms. The molecule has 1 fully saturated rings. The van der Waals surface area contributed by atoms with E-state index in [1.807, 2.05) is 12.1 Å². The van der Waals surface area contributed by atoms with Crippen molar-refractivity contribution in [3.8, 4) is 0 Å². The Balaban J connectivity index is 1.92. The Morgan fingerprint density at radius 2 is 2.10 bits per heavy atom. The van der Waals surface area contributed by atoms with Crippen molar-refractivity contribution < 1.29 is 4.74 Å². The molecule has 2 rings (SSSR count). The van der Waals surface area contributed by atoms with E-state index in [2.05, 4.69) is 29.0 Å². The van der Waals surface area contributed by atoms with Crippen LogP contribution in [0.5, 0.6) is 0 Å². The van der Waals surface area contributed by atoms with Crippen molar-refractivity contribution in [1.82, 2.24) is 9.88 Å². The average molecular weight is 298 g/mol. The lowest BCUT2D eigenvalue weighted by Crippen LogP contribution is -2.36. The predicted octanol–water partition coefficient (Wildman–Crippen LogP) is 3.17. The maximum Gasteiger partial charge on any atom is 0.126 e. The van der Waals surface area contributed by atoms with Gasteiger partial charge in [0.15, 0.2) is 0 Å². The normalized spacial score (nSPS) is 17.4. The van der Waals surface area contributed by atoms with Crippen molar-refractivity contribution in [2.24, 2.45) is 0 Å². The zero-order chi connectivity index (χ0) is 14.4. The van der Waals surface area contributed by atoms with E-state index in [9.17, 15) is 0 Å². The lowest BCUT2D eigenvalue weighted by atomic mass is 10.1. The summed E-state index contributed by atoms with van der Waals surface area (Å²) >= 11 is 6.25. The summed E-state index contributed by atoms with van der Waals surface area (Å²) in [5, 5.41) is 3.98. The maximum atomic E-state index is 6.25. The summed E-state index contributed by atoms with van der Waals surface area (Å²) < 4.78 is 5.68. The number of halogens is 1. The lowest BCUT2D eigenvalue weighted by molar-refractivity contribution is 0.0123. The van der Waals surface area contributed by atoms with E-state index in [0.29, 0.717) is 6.10 Å². The molecular formula is C15H24ClN3O. The van der Waals surface area contributed by atoms with Gasteiger partial charge in [-0.1, -0.05) is 11.6 Å². The van der Waals surface area contributed by atoms with E-state index < -0.39 is 0 Å². The third-order valence-corrected chi connectivity index (χ3v) is 3.93. The molecule has 1 aromatic rings. The molecule has 1 aliphatic rings. The second-order valence-corrected chi connectivity index (χ2v) is 5.49.